The number of carbonyl (C=O) groups excluding carboxylic acids is 2. The predicted molar refractivity (Wildman–Crippen MR) is 123 cm³/mol. The average molecular weight is 471 g/mol. The third-order valence-corrected chi connectivity index (χ3v) is 6.87. The van der Waals surface area contributed by atoms with Gasteiger partial charge in [0.1, 0.15) is 10.7 Å². The quantitative estimate of drug-likeness (QED) is 0.422. The number of rotatable bonds is 6. The number of halogens is 3. The molecule has 0 aliphatic carbocycles. The molecule has 33 heavy (non-hydrogen) atoms. The molecule has 3 N–H and O–H groups in total. The molecule has 1 aliphatic heterocycles. The third kappa shape index (κ3) is 3.84. The van der Waals surface area contributed by atoms with Crippen LogP contribution in [0.25, 0.3) is 0 Å². The van der Waals surface area contributed by atoms with Gasteiger partial charge in [-0.05, 0) is 30.7 Å². The van der Waals surface area contributed by atoms with E-state index in [0.29, 0.717) is 28.3 Å². The Morgan fingerprint density at radius 1 is 1.03 bits per heavy atom. The first-order chi connectivity index (χ1) is 15.8. The fourth-order valence-corrected chi connectivity index (χ4v) is 5.26. The molecule has 0 saturated heterocycles. The minimum Gasteiger partial charge on any atom is -0.397 e. The number of allylic oxidation sites excluding steroid dienone is 2. The fourth-order valence-electron chi connectivity index (χ4n) is 4.11. The van der Waals surface area contributed by atoms with E-state index in [1.807, 2.05) is 6.92 Å². The molecule has 2 heterocycles. The molecule has 0 fully saturated rings. The number of carbonyl (C=O) groups is 2. The number of hydrogen-bond acceptors (Lipinski definition) is 5. The van der Waals surface area contributed by atoms with Crippen molar-refractivity contribution in [2.45, 2.75) is 32.6 Å². The molecule has 0 spiro atoms. The molecule has 1 unspecified atom stereocenters. The van der Waals surface area contributed by atoms with Crippen molar-refractivity contribution in [2.24, 2.45) is 0 Å². The summed E-state index contributed by atoms with van der Waals surface area (Å²) < 4.78 is 42.0. The largest absolute Gasteiger partial charge is 0.397 e. The van der Waals surface area contributed by atoms with Crippen LogP contribution in [0.3, 0.4) is 0 Å². The van der Waals surface area contributed by atoms with Crippen molar-refractivity contribution in [3.8, 4) is 0 Å². The molecule has 4 nitrogen and oxygen atoms in total. The minimum atomic E-state index is -1.14. The molecule has 0 amide bonds. The lowest BCUT2D eigenvalue weighted by Crippen LogP contribution is -2.24. The number of nitrogens with one attached hydrogen (secondary N) is 1. The number of nitrogens with two attached hydrogens (primary N) is 1. The fraction of sp³-hybridized carbons (Fsp3) is 0.200. The van der Waals surface area contributed by atoms with Crippen molar-refractivity contribution >= 4 is 33.6 Å². The maximum atomic E-state index is 14.9. The molecule has 1 aromatic heterocycles. The van der Waals surface area contributed by atoms with Gasteiger partial charge in [-0.2, -0.15) is 0 Å². The van der Waals surface area contributed by atoms with Crippen LogP contribution in [0.1, 0.15) is 59.0 Å². The zero-order valence-electron chi connectivity index (χ0n) is 18.0. The number of Topliss-reactive ketones (excluding diaryl/α,β-unsaturated/α-hetero) is 1. The van der Waals surface area contributed by atoms with Crippen LogP contribution in [0.2, 0.25) is 0 Å². The van der Waals surface area contributed by atoms with E-state index in [1.165, 1.54) is 12.1 Å². The number of nitrogen functional groups attached to an aromatic ring is 1. The molecule has 0 saturated carbocycles. The maximum absolute atomic E-state index is 14.9. The number of thiophene rings is 1. The molecule has 3 aromatic rings. The Balaban J connectivity index is 1.93. The third-order valence-electron chi connectivity index (χ3n) is 5.73. The van der Waals surface area contributed by atoms with Gasteiger partial charge in [0, 0.05) is 40.3 Å². The van der Waals surface area contributed by atoms with Crippen LogP contribution < -0.4 is 11.1 Å². The molecule has 8 heteroatoms. The van der Waals surface area contributed by atoms with Gasteiger partial charge in [-0.3, -0.25) is 9.59 Å². The smallest absolute Gasteiger partial charge is 0.205 e. The summed E-state index contributed by atoms with van der Waals surface area (Å²) in [7, 11) is 0. The lowest BCUT2D eigenvalue weighted by Gasteiger charge is -2.30. The Labute approximate surface area is 192 Å². The van der Waals surface area contributed by atoms with Crippen molar-refractivity contribution in [3.63, 3.8) is 0 Å². The molecular weight excluding hydrogens is 449 g/mol. The van der Waals surface area contributed by atoms with Gasteiger partial charge in [0.15, 0.2) is 17.4 Å². The van der Waals surface area contributed by atoms with Gasteiger partial charge in [-0.1, -0.05) is 32.0 Å². The van der Waals surface area contributed by atoms with Crippen LogP contribution >= 0.6 is 11.3 Å². The zero-order chi connectivity index (χ0) is 23.9. The van der Waals surface area contributed by atoms with Crippen LogP contribution in [-0.4, -0.2) is 11.6 Å². The van der Waals surface area contributed by atoms with E-state index < -0.39 is 29.2 Å². The number of anilines is 2. The van der Waals surface area contributed by atoms with Gasteiger partial charge in [0.2, 0.25) is 5.78 Å². The lowest BCUT2D eigenvalue weighted by atomic mass is 9.78. The molecule has 1 aliphatic rings. The highest BCUT2D eigenvalue weighted by atomic mass is 32.1. The molecule has 4 rings (SSSR count). The van der Waals surface area contributed by atoms with Gasteiger partial charge >= 0.3 is 0 Å². The molecule has 0 radical (unpaired) electrons. The van der Waals surface area contributed by atoms with E-state index in [-0.39, 0.29) is 33.9 Å². The van der Waals surface area contributed by atoms with Gasteiger partial charge in [-0.15, -0.1) is 11.3 Å². The number of fused-ring (bicyclic) bond motifs is 1. The first-order valence-electron chi connectivity index (χ1n) is 10.5. The summed E-state index contributed by atoms with van der Waals surface area (Å²) in [6.45, 7) is 3.60. The second-order valence-electron chi connectivity index (χ2n) is 7.65. The summed E-state index contributed by atoms with van der Waals surface area (Å²) in [6, 6.07) is 9.02. The predicted octanol–water partition coefficient (Wildman–Crippen LogP) is 6.18. The minimum absolute atomic E-state index is 0.0600. The normalized spacial score (nSPS) is 15.2. The van der Waals surface area contributed by atoms with Crippen LogP contribution in [0.4, 0.5) is 23.9 Å². The number of ketones is 2. The Morgan fingerprint density at radius 3 is 2.39 bits per heavy atom. The van der Waals surface area contributed by atoms with E-state index in [0.717, 1.165) is 23.5 Å². The topological polar surface area (TPSA) is 72.2 Å². The van der Waals surface area contributed by atoms with Crippen molar-refractivity contribution in [1.82, 2.24) is 0 Å². The summed E-state index contributed by atoms with van der Waals surface area (Å²) in [5.74, 6) is -4.24. The molecule has 0 bridgehead atoms. The Morgan fingerprint density at radius 2 is 1.76 bits per heavy atom. The van der Waals surface area contributed by atoms with Crippen molar-refractivity contribution < 1.29 is 22.8 Å². The Bertz CT molecular complexity index is 1310. The van der Waals surface area contributed by atoms with E-state index in [9.17, 15) is 22.8 Å². The second kappa shape index (κ2) is 8.86. The summed E-state index contributed by atoms with van der Waals surface area (Å²) in [6.07, 6.45) is 0.696. The van der Waals surface area contributed by atoms with Gasteiger partial charge < -0.3 is 11.1 Å². The lowest BCUT2D eigenvalue weighted by molar-refractivity contribution is -0.115. The molecular formula is C25H21F3N2O2S. The van der Waals surface area contributed by atoms with E-state index in [2.05, 4.69) is 5.32 Å². The highest BCUT2D eigenvalue weighted by Crippen LogP contribution is 2.51. The van der Waals surface area contributed by atoms with Crippen molar-refractivity contribution in [2.75, 3.05) is 11.1 Å². The monoisotopic (exact) mass is 470 g/mol. The second-order valence-corrected chi connectivity index (χ2v) is 8.67. The van der Waals surface area contributed by atoms with Gasteiger partial charge in [0.25, 0.3) is 0 Å². The van der Waals surface area contributed by atoms with Gasteiger partial charge in [-0.25, -0.2) is 13.2 Å². The highest BCUT2D eigenvalue weighted by molar-refractivity contribution is 7.19. The first kappa shape index (κ1) is 22.8. The summed E-state index contributed by atoms with van der Waals surface area (Å²) in [5, 5.41) is 3.73. The van der Waals surface area contributed by atoms with Crippen LogP contribution in [-0.2, 0) is 4.79 Å². The van der Waals surface area contributed by atoms with Gasteiger partial charge in [0.05, 0.1) is 10.7 Å². The molecule has 2 aromatic carbocycles. The molecule has 170 valence electrons. The SMILES string of the molecule is CCC(=O)C1=C(CC)Nc2sc(C(=O)c3ccc(F)c(F)c3)c(N)c2C1c1ccccc1F. The summed E-state index contributed by atoms with van der Waals surface area (Å²) in [4.78, 5) is 26.2. The summed E-state index contributed by atoms with van der Waals surface area (Å²) >= 11 is 1.05. The number of benzene rings is 2. The number of hydrogen-bond donors (Lipinski definition) is 2. The van der Waals surface area contributed by atoms with Crippen LogP contribution in [0, 0.1) is 17.5 Å². The molecule has 1 atom stereocenters. The van der Waals surface area contributed by atoms with Crippen molar-refractivity contribution in [1.29, 1.82) is 0 Å². The zero-order valence-corrected chi connectivity index (χ0v) is 18.8. The maximum Gasteiger partial charge on any atom is 0.205 e. The van der Waals surface area contributed by atoms with E-state index in [1.54, 1.807) is 25.1 Å². The van der Waals surface area contributed by atoms with E-state index >= 15 is 0 Å². The van der Waals surface area contributed by atoms with Crippen molar-refractivity contribution in [3.05, 3.63) is 92.8 Å². The summed E-state index contributed by atoms with van der Waals surface area (Å²) in [5.41, 5.74) is 8.21. The average Bonchev–Trinajstić information content (AvgIpc) is 3.15. The van der Waals surface area contributed by atoms with Crippen LogP contribution in [0.5, 0.6) is 0 Å². The Kier molecular flexibility index (Phi) is 6.12. The first-order valence-corrected chi connectivity index (χ1v) is 11.3. The standard InChI is InChI=1S/C25H21F3N2O2S/c1-3-17-20(18(31)4-2)19(13-7-5-6-8-14(13)26)21-22(29)24(33-25(21)30-17)23(32)12-9-10-15(27)16(28)11-12/h5-11,19,30H,3-4,29H2,1-2H3. The Hall–Kier alpha value is -3.39. The van der Waals surface area contributed by atoms with E-state index in [4.69, 9.17) is 5.73 Å². The van der Waals surface area contributed by atoms with Crippen LogP contribution in [0.15, 0.2) is 53.7 Å². The highest BCUT2D eigenvalue weighted by Gasteiger charge is 2.38.